The van der Waals surface area contributed by atoms with Crippen molar-refractivity contribution >= 4 is 34.3 Å². The van der Waals surface area contributed by atoms with Gasteiger partial charge >= 0.3 is 5.63 Å². The van der Waals surface area contributed by atoms with Crippen molar-refractivity contribution in [2.24, 2.45) is 0 Å². The van der Waals surface area contributed by atoms with Crippen LogP contribution in [-0.4, -0.2) is 35.4 Å². The molecule has 3 aromatic rings. The molecule has 5 nitrogen and oxygen atoms in total. The number of anilines is 1. The van der Waals surface area contributed by atoms with E-state index in [1.165, 1.54) is 0 Å². The SMILES string of the molecule is Cc1ccc2c(CNc3cccc(C(=O)N4CCSCC4)c3C)cc(=O)oc2c1C. The predicted molar refractivity (Wildman–Crippen MR) is 124 cm³/mol. The van der Waals surface area contributed by atoms with Crippen LogP contribution in [-0.2, 0) is 6.54 Å². The first-order valence-electron chi connectivity index (χ1n) is 10.2. The lowest BCUT2D eigenvalue weighted by Gasteiger charge is -2.27. The van der Waals surface area contributed by atoms with E-state index in [9.17, 15) is 9.59 Å². The van der Waals surface area contributed by atoms with Crippen LogP contribution in [0.4, 0.5) is 5.69 Å². The Balaban J connectivity index is 1.61. The molecule has 1 aliphatic heterocycles. The largest absolute Gasteiger partial charge is 0.422 e. The highest BCUT2D eigenvalue weighted by Crippen LogP contribution is 2.26. The number of hydrogen-bond donors (Lipinski definition) is 1. The Kier molecular flexibility index (Phi) is 5.86. The Hall–Kier alpha value is -2.73. The Labute approximate surface area is 180 Å². The van der Waals surface area contributed by atoms with E-state index in [2.05, 4.69) is 5.32 Å². The fourth-order valence-electron chi connectivity index (χ4n) is 3.86. The van der Waals surface area contributed by atoms with Gasteiger partial charge in [-0.3, -0.25) is 4.79 Å². The molecule has 2 aromatic carbocycles. The highest BCUT2D eigenvalue weighted by Gasteiger charge is 2.21. The summed E-state index contributed by atoms with van der Waals surface area (Å²) in [5.41, 5.74) is 5.81. The quantitative estimate of drug-likeness (QED) is 0.627. The summed E-state index contributed by atoms with van der Waals surface area (Å²) in [6.45, 7) is 8.02. The number of aryl methyl sites for hydroxylation is 2. The van der Waals surface area contributed by atoms with Gasteiger partial charge in [0.2, 0.25) is 0 Å². The van der Waals surface area contributed by atoms with E-state index in [-0.39, 0.29) is 11.5 Å². The molecule has 0 bridgehead atoms. The number of benzene rings is 2. The summed E-state index contributed by atoms with van der Waals surface area (Å²) in [5.74, 6) is 2.07. The minimum Gasteiger partial charge on any atom is -0.422 e. The molecule has 4 rings (SSSR count). The first kappa shape index (κ1) is 20.5. The second-order valence-corrected chi connectivity index (χ2v) is 8.94. The number of hydrogen-bond acceptors (Lipinski definition) is 5. The van der Waals surface area contributed by atoms with Crippen LogP contribution in [0.2, 0.25) is 0 Å². The molecule has 156 valence electrons. The van der Waals surface area contributed by atoms with Crippen molar-refractivity contribution in [2.45, 2.75) is 27.3 Å². The smallest absolute Gasteiger partial charge is 0.336 e. The highest BCUT2D eigenvalue weighted by atomic mass is 32.2. The zero-order valence-electron chi connectivity index (χ0n) is 17.6. The maximum absolute atomic E-state index is 13.0. The van der Waals surface area contributed by atoms with Gasteiger partial charge in [0.05, 0.1) is 0 Å². The molecule has 0 saturated carbocycles. The molecular formula is C24H26N2O3S. The lowest BCUT2D eigenvalue weighted by molar-refractivity contribution is 0.0771. The Morgan fingerprint density at radius 1 is 1.10 bits per heavy atom. The molecule has 1 aromatic heterocycles. The molecule has 1 saturated heterocycles. The van der Waals surface area contributed by atoms with E-state index in [0.29, 0.717) is 12.1 Å². The molecule has 6 heteroatoms. The average Bonchev–Trinajstić information content (AvgIpc) is 2.76. The molecule has 0 atom stereocenters. The maximum Gasteiger partial charge on any atom is 0.336 e. The van der Waals surface area contributed by atoms with Crippen LogP contribution in [0, 0.1) is 20.8 Å². The zero-order chi connectivity index (χ0) is 21.3. The van der Waals surface area contributed by atoms with Crippen molar-refractivity contribution in [3.8, 4) is 0 Å². The van der Waals surface area contributed by atoms with E-state index in [0.717, 1.165) is 63.5 Å². The van der Waals surface area contributed by atoms with Gasteiger partial charge in [0.1, 0.15) is 5.58 Å². The molecule has 0 aliphatic carbocycles. The van der Waals surface area contributed by atoms with Gasteiger partial charge < -0.3 is 14.6 Å². The van der Waals surface area contributed by atoms with Crippen molar-refractivity contribution in [2.75, 3.05) is 29.9 Å². The van der Waals surface area contributed by atoms with Crippen LogP contribution in [0.15, 0.2) is 45.6 Å². The minimum absolute atomic E-state index is 0.0911. The summed E-state index contributed by atoms with van der Waals surface area (Å²) in [6, 6.07) is 11.4. The summed E-state index contributed by atoms with van der Waals surface area (Å²) in [6.07, 6.45) is 0. The lowest BCUT2D eigenvalue weighted by atomic mass is 10.0. The van der Waals surface area contributed by atoms with Gasteiger partial charge in [-0.15, -0.1) is 0 Å². The number of rotatable bonds is 4. The van der Waals surface area contributed by atoms with E-state index in [1.54, 1.807) is 6.07 Å². The van der Waals surface area contributed by atoms with E-state index >= 15 is 0 Å². The summed E-state index contributed by atoms with van der Waals surface area (Å²) >= 11 is 1.89. The molecule has 0 radical (unpaired) electrons. The summed E-state index contributed by atoms with van der Waals surface area (Å²) in [5, 5.41) is 4.36. The lowest BCUT2D eigenvalue weighted by Crippen LogP contribution is -2.38. The number of fused-ring (bicyclic) bond motifs is 1. The maximum atomic E-state index is 13.0. The molecule has 1 amide bonds. The second-order valence-electron chi connectivity index (χ2n) is 7.71. The molecule has 0 unspecified atom stereocenters. The Bertz CT molecular complexity index is 1160. The minimum atomic E-state index is -0.350. The molecule has 1 fully saturated rings. The number of nitrogens with one attached hydrogen (secondary N) is 1. The average molecular weight is 423 g/mol. The van der Waals surface area contributed by atoms with Crippen LogP contribution >= 0.6 is 11.8 Å². The van der Waals surface area contributed by atoms with Crippen molar-refractivity contribution in [3.05, 3.63) is 74.6 Å². The van der Waals surface area contributed by atoms with Gasteiger partial charge in [-0.25, -0.2) is 4.79 Å². The van der Waals surface area contributed by atoms with Crippen LogP contribution in [0.3, 0.4) is 0 Å². The molecule has 30 heavy (non-hydrogen) atoms. The van der Waals surface area contributed by atoms with Crippen molar-refractivity contribution in [1.29, 1.82) is 0 Å². The number of thioether (sulfide) groups is 1. The number of carbonyl (C=O) groups is 1. The number of nitrogens with zero attached hydrogens (tertiary/aromatic N) is 1. The first-order valence-corrected chi connectivity index (χ1v) is 11.3. The normalized spacial score (nSPS) is 14.2. The monoisotopic (exact) mass is 422 g/mol. The molecule has 2 heterocycles. The molecule has 0 spiro atoms. The van der Waals surface area contributed by atoms with Gasteiger partial charge in [-0.1, -0.05) is 18.2 Å². The zero-order valence-corrected chi connectivity index (χ0v) is 18.4. The highest BCUT2D eigenvalue weighted by molar-refractivity contribution is 7.99. The molecule has 1 N–H and O–H groups in total. The van der Waals surface area contributed by atoms with E-state index in [1.807, 2.05) is 67.8 Å². The predicted octanol–water partition coefficient (Wildman–Crippen LogP) is 4.52. The third-order valence-corrected chi connectivity index (χ3v) is 6.79. The molecular weight excluding hydrogens is 396 g/mol. The van der Waals surface area contributed by atoms with Crippen molar-refractivity contribution in [3.63, 3.8) is 0 Å². The molecule has 1 aliphatic rings. The van der Waals surface area contributed by atoms with Crippen molar-refractivity contribution in [1.82, 2.24) is 4.90 Å². The van der Waals surface area contributed by atoms with Crippen LogP contribution in [0.25, 0.3) is 11.0 Å². The third-order valence-electron chi connectivity index (χ3n) is 5.85. The Morgan fingerprint density at radius 2 is 1.87 bits per heavy atom. The van der Waals surface area contributed by atoms with Gasteiger partial charge in [0, 0.05) is 53.8 Å². The summed E-state index contributed by atoms with van der Waals surface area (Å²) < 4.78 is 5.47. The van der Waals surface area contributed by atoms with Crippen LogP contribution in [0.5, 0.6) is 0 Å². The number of amides is 1. The van der Waals surface area contributed by atoms with Gasteiger partial charge in [0.15, 0.2) is 0 Å². The van der Waals surface area contributed by atoms with Crippen LogP contribution in [0.1, 0.15) is 32.6 Å². The fraction of sp³-hybridized carbons (Fsp3) is 0.333. The van der Waals surface area contributed by atoms with Gasteiger partial charge in [-0.05, 0) is 55.2 Å². The standard InChI is InChI=1S/C24H26N2O3S/c1-15-7-8-20-18(13-22(27)29-23(20)16(15)2)14-25-21-6-4-5-19(17(21)3)24(28)26-9-11-30-12-10-26/h4-8,13,25H,9-12,14H2,1-3H3. The van der Waals surface area contributed by atoms with Crippen molar-refractivity contribution < 1.29 is 9.21 Å². The first-order chi connectivity index (χ1) is 14.5. The fourth-order valence-corrected chi connectivity index (χ4v) is 4.76. The topological polar surface area (TPSA) is 62.6 Å². The van der Waals surface area contributed by atoms with E-state index < -0.39 is 0 Å². The second kappa shape index (κ2) is 8.56. The van der Waals surface area contributed by atoms with E-state index in [4.69, 9.17) is 4.42 Å². The third kappa shape index (κ3) is 3.97. The Morgan fingerprint density at radius 3 is 2.63 bits per heavy atom. The van der Waals surface area contributed by atoms with Crippen LogP contribution < -0.4 is 10.9 Å². The summed E-state index contributed by atoms with van der Waals surface area (Å²) in [7, 11) is 0. The van der Waals surface area contributed by atoms with Gasteiger partial charge in [-0.2, -0.15) is 11.8 Å². The summed E-state index contributed by atoms with van der Waals surface area (Å²) in [4.78, 5) is 27.0. The van der Waals surface area contributed by atoms with Gasteiger partial charge in [0.25, 0.3) is 5.91 Å². The number of carbonyl (C=O) groups excluding carboxylic acids is 1.